The quantitative estimate of drug-likeness (QED) is 0.726. The van der Waals surface area contributed by atoms with Crippen LogP contribution in [0.25, 0.3) is 0 Å². The minimum atomic E-state index is -2.92. The Bertz CT molecular complexity index is 945. The molecule has 2 aromatic carbocycles. The van der Waals surface area contributed by atoms with Gasteiger partial charge >= 0.3 is 6.61 Å². The minimum absolute atomic E-state index is 0.000426. The number of ether oxygens (including phenoxy) is 2. The molecule has 3 rings (SSSR count). The lowest BCUT2D eigenvalue weighted by atomic mass is 10.0. The Kier molecular flexibility index (Phi) is 7.45. The number of aryl methyl sites for hydroxylation is 2. The fourth-order valence-electron chi connectivity index (χ4n) is 3.93. The van der Waals surface area contributed by atoms with Crippen LogP contribution in [0.4, 0.5) is 8.78 Å². The van der Waals surface area contributed by atoms with Gasteiger partial charge < -0.3 is 19.7 Å². The molecule has 172 valence electrons. The second kappa shape index (κ2) is 10.1. The van der Waals surface area contributed by atoms with E-state index >= 15 is 0 Å². The van der Waals surface area contributed by atoms with E-state index in [2.05, 4.69) is 10.1 Å². The maximum Gasteiger partial charge on any atom is 0.387 e. The van der Waals surface area contributed by atoms with Crippen LogP contribution < -0.4 is 10.1 Å². The molecule has 1 fully saturated rings. The van der Waals surface area contributed by atoms with Crippen molar-refractivity contribution in [2.45, 2.75) is 53.1 Å². The summed E-state index contributed by atoms with van der Waals surface area (Å²) in [5, 5.41) is 2.81. The van der Waals surface area contributed by atoms with E-state index in [1.54, 1.807) is 43.0 Å². The van der Waals surface area contributed by atoms with E-state index in [1.165, 1.54) is 12.1 Å². The maximum atomic E-state index is 12.8. The van der Waals surface area contributed by atoms with Crippen LogP contribution in [0.1, 0.15) is 51.3 Å². The summed E-state index contributed by atoms with van der Waals surface area (Å²) in [6, 6.07) is 10.1. The first kappa shape index (κ1) is 23.7. The molecule has 2 aromatic rings. The minimum Gasteiger partial charge on any atom is -0.434 e. The van der Waals surface area contributed by atoms with Gasteiger partial charge in [0.05, 0.1) is 12.2 Å². The van der Waals surface area contributed by atoms with Crippen molar-refractivity contribution in [3.05, 3.63) is 64.2 Å². The molecule has 0 spiro atoms. The van der Waals surface area contributed by atoms with Crippen LogP contribution in [-0.2, 0) is 11.3 Å². The van der Waals surface area contributed by atoms with Crippen molar-refractivity contribution in [3.8, 4) is 5.75 Å². The summed E-state index contributed by atoms with van der Waals surface area (Å²) in [6.07, 6.45) is 0.000853. The Morgan fingerprint density at radius 1 is 1.06 bits per heavy atom. The average molecular weight is 446 g/mol. The summed E-state index contributed by atoms with van der Waals surface area (Å²) in [5.41, 5.74) is 2.71. The van der Waals surface area contributed by atoms with E-state index in [0.717, 1.165) is 5.56 Å². The van der Waals surface area contributed by atoms with Crippen LogP contribution in [0.2, 0.25) is 0 Å². The number of nitrogens with zero attached hydrogens (tertiary/aromatic N) is 1. The number of benzene rings is 2. The highest BCUT2D eigenvalue weighted by atomic mass is 19.3. The number of nitrogens with one attached hydrogen (secondary N) is 1. The number of halogens is 2. The summed E-state index contributed by atoms with van der Waals surface area (Å²) in [7, 11) is 0. The third-order valence-corrected chi connectivity index (χ3v) is 5.29. The molecular formula is C24H28F2N2O4. The smallest absolute Gasteiger partial charge is 0.387 e. The number of alkyl halides is 2. The zero-order valence-electron chi connectivity index (χ0n) is 18.7. The van der Waals surface area contributed by atoms with E-state index in [9.17, 15) is 18.4 Å². The van der Waals surface area contributed by atoms with Gasteiger partial charge in [0.2, 0.25) is 0 Å². The van der Waals surface area contributed by atoms with Crippen LogP contribution in [0, 0.1) is 13.8 Å². The first-order valence-electron chi connectivity index (χ1n) is 10.5. The molecule has 1 aliphatic rings. The highest BCUT2D eigenvalue weighted by Gasteiger charge is 2.26. The lowest BCUT2D eigenvalue weighted by Crippen LogP contribution is -2.48. The third kappa shape index (κ3) is 5.82. The molecule has 1 N–H and O–H groups in total. The molecular weight excluding hydrogens is 418 g/mol. The Hall–Kier alpha value is -3.00. The molecule has 1 aliphatic heterocycles. The normalized spacial score (nSPS) is 18.5. The molecule has 0 bridgehead atoms. The van der Waals surface area contributed by atoms with Crippen molar-refractivity contribution in [1.82, 2.24) is 10.2 Å². The lowest BCUT2D eigenvalue weighted by Gasteiger charge is -2.35. The van der Waals surface area contributed by atoms with Gasteiger partial charge in [-0.2, -0.15) is 8.78 Å². The van der Waals surface area contributed by atoms with Crippen molar-refractivity contribution < 1.29 is 27.8 Å². The van der Waals surface area contributed by atoms with Gasteiger partial charge in [-0.25, -0.2) is 0 Å². The Balaban J connectivity index is 1.60. The van der Waals surface area contributed by atoms with Crippen molar-refractivity contribution >= 4 is 11.8 Å². The largest absolute Gasteiger partial charge is 0.434 e. The molecule has 6 nitrogen and oxygen atoms in total. The van der Waals surface area contributed by atoms with Gasteiger partial charge in [-0.1, -0.05) is 12.1 Å². The van der Waals surface area contributed by atoms with Gasteiger partial charge in [0.1, 0.15) is 5.75 Å². The highest BCUT2D eigenvalue weighted by molar-refractivity contribution is 5.95. The van der Waals surface area contributed by atoms with Gasteiger partial charge in [0.25, 0.3) is 11.8 Å². The summed E-state index contributed by atoms with van der Waals surface area (Å²) in [6.45, 7) is 5.60. The number of morpholine rings is 1. The molecule has 1 heterocycles. The van der Waals surface area contributed by atoms with Crippen molar-refractivity contribution in [2.24, 2.45) is 0 Å². The second-order valence-corrected chi connectivity index (χ2v) is 8.16. The molecule has 2 unspecified atom stereocenters. The second-order valence-electron chi connectivity index (χ2n) is 8.16. The number of carbonyl (C=O) groups is 2. The van der Waals surface area contributed by atoms with Gasteiger partial charge in [0.15, 0.2) is 0 Å². The van der Waals surface area contributed by atoms with E-state index < -0.39 is 6.61 Å². The number of hydrogen-bond donors (Lipinski definition) is 1. The maximum absolute atomic E-state index is 12.8. The van der Waals surface area contributed by atoms with E-state index in [4.69, 9.17) is 4.74 Å². The molecule has 0 radical (unpaired) electrons. The number of rotatable bonds is 6. The SMILES string of the molecule is Cc1cc(C(=O)NCc2ccc(C(=O)N3CC(C)OC(C)C3)cc2)cc(C)c1OC(F)F. The molecule has 0 aliphatic carbocycles. The zero-order valence-corrected chi connectivity index (χ0v) is 18.7. The Morgan fingerprint density at radius 3 is 2.16 bits per heavy atom. The monoisotopic (exact) mass is 446 g/mol. The fourth-order valence-corrected chi connectivity index (χ4v) is 3.93. The summed E-state index contributed by atoms with van der Waals surface area (Å²) in [5.74, 6) is -0.281. The predicted molar refractivity (Wildman–Crippen MR) is 116 cm³/mol. The molecule has 8 heteroatoms. The lowest BCUT2D eigenvalue weighted by molar-refractivity contribution is -0.0586. The summed E-state index contributed by atoms with van der Waals surface area (Å²) in [4.78, 5) is 27.1. The van der Waals surface area contributed by atoms with E-state index in [1.807, 2.05) is 13.8 Å². The molecule has 2 atom stereocenters. The Labute approximate surface area is 186 Å². The van der Waals surface area contributed by atoms with Crippen molar-refractivity contribution in [2.75, 3.05) is 13.1 Å². The average Bonchev–Trinajstić information content (AvgIpc) is 2.73. The van der Waals surface area contributed by atoms with Gasteiger partial charge in [-0.05, 0) is 68.7 Å². The van der Waals surface area contributed by atoms with Crippen LogP contribution >= 0.6 is 0 Å². The van der Waals surface area contributed by atoms with Crippen molar-refractivity contribution in [1.29, 1.82) is 0 Å². The molecule has 0 saturated carbocycles. The van der Waals surface area contributed by atoms with Crippen LogP contribution in [0.15, 0.2) is 36.4 Å². The molecule has 1 saturated heterocycles. The van der Waals surface area contributed by atoms with Gasteiger partial charge in [0, 0.05) is 30.8 Å². The Morgan fingerprint density at radius 2 is 1.62 bits per heavy atom. The van der Waals surface area contributed by atoms with Gasteiger partial charge in [-0.3, -0.25) is 9.59 Å². The van der Waals surface area contributed by atoms with Crippen molar-refractivity contribution in [3.63, 3.8) is 0 Å². The highest BCUT2D eigenvalue weighted by Crippen LogP contribution is 2.26. The number of carbonyl (C=O) groups excluding carboxylic acids is 2. The van der Waals surface area contributed by atoms with Crippen LogP contribution in [0.3, 0.4) is 0 Å². The summed E-state index contributed by atoms with van der Waals surface area (Å²) >= 11 is 0. The first-order valence-corrected chi connectivity index (χ1v) is 10.5. The standard InChI is InChI=1S/C24H28F2N2O4/c1-14-9-20(10-15(2)21(14)32-24(25)26)22(29)27-11-18-5-7-19(8-6-18)23(30)28-12-16(3)31-17(4)13-28/h5-10,16-17,24H,11-13H2,1-4H3,(H,27,29). The first-order chi connectivity index (χ1) is 15.1. The fraction of sp³-hybridized carbons (Fsp3) is 0.417. The predicted octanol–water partition coefficient (Wildman–Crippen LogP) is 4.08. The number of hydrogen-bond acceptors (Lipinski definition) is 4. The number of amides is 2. The topological polar surface area (TPSA) is 67.9 Å². The van der Waals surface area contributed by atoms with Crippen LogP contribution in [0.5, 0.6) is 5.75 Å². The third-order valence-electron chi connectivity index (χ3n) is 5.29. The van der Waals surface area contributed by atoms with Crippen LogP contribution in [-0.4, -0.2) is 48.6 Å². The molecule has 0 aromatic heterocycles. The van der Waals surface area contributed by atoms with E-state index in [-0.39, 0.29) is 36.3 Å². The zero-order chi connectivity index (χ0) is 23.4. The summed E-state index contributed by atoms with van der Waals surface area (Å²) < 4.78 is 35.3. The molecule has 2 amide bonds. The molecule has 32 heavy (non-hydrogen) atoms. The van der Waals surface area contributed by atoms with Gasteiger partial charge in [-0.15, -0.1) is 0 Å². The van der Waals surface area contributed by atoms with E-state index in [0.29, 0.717) is 35.3 Å².